The van der Waals surface area contributed by atoms with E-state index in [1.165, 1.54) is 24.3 Å². The quantitative estimate of drug-likeness (QED) is 0.0788. The number of carbonyl (C=O) groups excluding carboxylic acids is 4. The van der Waals surface area contributed by atoms with Gasteiger partial charge in [-0.25, -0.2) is 0 Å². The van der Waals surface area contributed by atoms with Crippen LogP contribution in [-0.2, 0) is 38.1 Å². The predicted molar refractivity (Wildman–Crippen MR) is 157 cm³/mol. The van der Waals surface area contributed by atoms with Gasteiger partial charge in [0, 0.05) is 59.0 Å². The molecule has 0 heterocycles. The lowest BCUT2D eigenvalue weighted by molar-refractivity contribution is -0.117. The van der Waals surface area contributed by atoms with E-state index >= 15 is 0 Å². The van der Waals surface area contributed by atoms with Gasteiger partial charge in [-0.05, 0) is 50.0 Å². The van der Waals surface area contributed by atoms with Crippen LogP contribution in [0.3, 0.4) is 0 Å². The second kappa shape index (κ2) is 26.9. The van der Waals surface area contributed by atoms with Crippen molar-refractivity contribution >= 4 is 23.6 Å². The number of carbonyl (C=O) groups is 4. The highest BCUT2D eigenvalue weighted by molar-refractivity contribution is 5.87. The van der Waals surface area contributed by atoms with Crippen molar-refractivity contribution in [3.05, 3.63) is 50.6 Å². The number of amides is 4. The van der Waals surface area contributed by atoms with E-state index < -0.39 is 0 Å². The Hall–Kier alpha value is -3.32. The predicted octanol–water partition coefficient (Wildman–Crippen LogP) is 0.949. The van der Waals surface area contributed by atoms with Crippen LogP contribution in [0.25, 0.3) is 0 Å². The Balaban J connectivity index is 4.90. The maximum absolute atomic E-state index is 11.4. The fourth-order valence-corrected chi connectivity index (χ4v) is 3.22. The lowest BCUT2D eigenvalue weighted by atomic mass is 10.1. The first-order valence-electron chi connectivity index (χ1n) is 13.9. The Labute approximate surface area is 243 Å². The SMILES string of the molecule is C=CC(=O)NCCCOC[C@H](C[C@H](COCCCNC(=O)C=C)OCCCNC(=O)C=C)OCCCNC(=O)C=C. The maximum atomic E-state index is 11.4. The van der Waals surface area contributed by atoms with Gasteiger partial charge in [-0.15, -0.1) is 0 Å². The fraction of sp³-hybridized carbons (Fsp3) is 0.586. The lowest BCUT2D eigenvalue weighted by Crippen LogP contribution is -2.33. The van der Waals surface area contributed by atoms with Gasteiger partial charge in [0.05, 0.1) is 25.4 Å². The molecule has 0 aliphatic rings. The Bertz CT molecular complexity index is 742. The molecule has 41 heavy (non-hydrogen) atoms. The molecule has 0 aromatic heterocycles. The summed E-state index contributed by atoms with van der Waals surface area (Å²) in [5, 5.41) is 10.8. The van der Waals surface area contributed by atoms with Gasteiger partial charge in [0.25, 0.3) is 0 Å². The summed E-state index contributed by atoms with van der Waals surface area (Å²) < 4.78 is 23.7. The zero-order valence-electron chi connectivity index (χ0n) is 24.2. The van der Waals surface area contributed by atoms with Crippen LogP contribution in [0.4, 0.5) is 0 Å². The smallest absolute Gasteiger partial charge is 0.243 e. The summed E-state index contributed by atoms with van der Waals surface area (Å²) in [6, 6.07) is 0. The van der Waals surface area contributed by atoms with Gasteiger partial charge in [0.1, 0.15) is 0 Å². The first-order valence-corrected chi connectivity index (χ1v) is 13.9. The Kier molecular flexibility index (Phi) is 24.7. The number of hydrogen-bond donors (Lipinski definition) is 4. The summed E-state index contributed by atoms with van der Waals surface area (Å²) in [7, 11) is 0. The zero-order valence-corrected chi connectivity index (χ0v) is 24.2. The minimum atomic E-state index is -0.311. The molecule has 0 bridgehead atoms. The monoisotopic (exact) mass is 580 g/mol. The van der Waals surface area contributed by atoms with Crippen molar-refractivity contribution in [2.75, 3.05) is 65.8 Å². The van der Waals surface area contributed by atoms with Gasteiger partial charge in [0.2, 0.25) is 23.6 Å². The van der Waals surface area contributed by atoms with E-state index in [0.717, 1.165) is 0 Å². The first kappa shape index (κ1) is 37.7. The molecule has 232 valence electrons. The van der Waals surface area contributed by atoms with Crippen LogP contribution in [0.1, 0.15) is 32.1 Å². The first-order chi connectivity index (χ1) is 19.9. The summed E-state index contributed by atoms with van der Waals surface area (Å²) >= 11 is 0. The Morgan fingerprint density at radius 2 is 0.805 bits per heavy atom. The standard InChI is InChI=1S/C29H48N4O8/c1-5-26(34)30-13-9-17-38-22-24(40-19-11-15-32-28(36)7-3)21-25(41-20-12-16-33-29(37)8-4)23-39-18-10-14-31-27(35)6-2/h5-8,24-25H,1-4,9-23H2,(H,30,34)(H,31,35)(H,32,36)(H,33,37)/t24-,25+. The van der Waals surface area contributed by atoms with Gasteiger partial charge in [-0.2, -0.15) is 0 Å². The minimum absolute atomic E-state index is 0.234. The van der Waals surface area contributed by atoms with Crippen molar-refractivity contribution in [2.45, 2.75) is 44.3 Å². The van der Waals surface area contributed by atoms with Gasteiger partial charge >= 0.3 is 0 Å². The van der Waals surface area contributed by atoms with Crippen molar-refractivity contribution < 1.29 is 38.1 Å². The molecule has 0 fully saturated rings. The Morgan fingerprint density at radius 1 is 0.512 bits per heavy atom. The van der Waals surface area contributed by atoms with E-state index in [1.807, 2.05) is 0 Å². The number of rotatable bonds is 28. The molecule has 0 spiro atoms. The summed E-state index contributed by atoms with van der Waals surface area (Å²) in [5.41, 5.74) is 0. The summed E-state index contributed by atoms with van der Waals surface area (Å²) in [4.78, 5) is 45.3. The molecule has 4 amide bonds. The highest BCUT2D eigenvalue weighted by atomic mass is 16.5. The minimum Gasteiger partial charge on any atom is -0.379 e. The topological polar surface area (TPSA) is 153 Å². The Morgan fingerprint density at radius 3 is 1.10 bits per heavy atom. The van der Waals surface area contributed by atoms with E-state index in [9.17, 15) is 19.2 Å². The number of hydrogen-bond acceptors (Lipinski definition) is 8. The van der Waals surface area contributed by atoms with Gasteiger partial charge in [-0.3, -0.25) is 19.2 Å². The normalized spacial score (nSPS) is 11.9. The molecule has 0 radical (unpaired) electrons. The van der Waals surface area contributed by atoms with Crippen LogP contribution >= 0.6 is 0 Å². The van der Waals surface area contributed by atoms with E-state index in [4.69, 9.17) is 18.9 Å². The van der Waals surface area contributed by atoms with Crippen LogP contribution in [0.5, 0.6) is 0 Å². The fourth-order valence-electron chi connectivity index (χ4n) is 3.22. The maximum Gasteiger partial charge on any atom is 0.243 e. The molecular formula is C29H48N4O8. The van der Waals surface area contributed by atoms with Crippen LogP contribution in [0.2, 0.25) is 0 Å². The molecule has 4 N–H and O–H groups in total. The summed E-state index contributed by atoms with van der Waals surface area (Å²) in [6.45, 7) is 17.8. The van der Waals surface area contributed by atoms with Gasteiger partial charge in [0.15, 0.2) is 0 Å². The van der Waals surface area contributed by atoms with Crippen LogP contribution < -0.4 is 21.3 Å². The summed E-state index contributed by atoms with van der Waals surface area (Å²) in [5.74, 6) is -0.955. The molecule has 0 aliphatic heterocycles. The molecule has 2 atom stereocenters. The zero-order chi connectivity index (χ0) is 30.6. The van der Waals surface area contributed by atoms with E-state index in [2.05, 4.69) is 47.6 Å². The largest absolute Gasteiger partial charge is 0.379 e. The molecule has 0 saturated heterocycles. The van der Waals surface area contributed by atoms with E-state index in [0.29, 0.717) is 97.9 Å². The molecule has 0 aliphatic carbocycles. The third kappa shape index (κ3) is 24.2. The van der Waals surface area contributed by atoms with Crippen molar-refractivity contribution in [1.29, 1.82) is 0 Å². The van der Waals surface area contributed by atoms with Crippen LogP contribution in [0, 0.1) is 0 Å². The molecule has 0 rings (SSSR count). The van der Waals surface area contributed by atoms with Crippen molar-refractivity contribution in [2.24, 2.45) is 0 Å². The molecule has 12 nitrogen and oxygen atoms in total. The highest BCUT2D eigenvalue weighted by Crippen LogP contribution is 2.10. The number of ether oxygens (including phenoxy) is 4. The van der Waals surface area contributed by atoms with Gasteiger partial charge < -0.3 is 40.2 Å². The van der Waals surface area contributed by atoms with Crippen LogP contribution in [0.15, 0.2) is 50.6 Å². The third-order valence-electron chi connectivity index (χ3n) is 5.35. The summed E-state index contributed by atoms with van der Waals surface area (Å²) in [6.07, 6.45) is 7.19. The molecule has 12 heteroatoms. The molecular weight excluding hydrogens is 532 g/mol. The van der Waals surface area contributed by atoms with Crippen LogP contribution in [-0.4, -0.2) is 102 Å². The molecule has 0 unspecified atom stereocenters. The molecule has 0 aromatic carbocycles. The average Bonchev–Trinajstić information content (AvgIpc) is 2.98. The second-order valence-electron chi connectivity index (χ2n) is 8.77. The third-order valence-corrected chi connectivity index (χ3v) is 5.35. The lowest BCUT2D eigenvalue weighted by Gasteiger charge is -2.25. The molecule has 0 aromatic rings. The average molecular weight is 581 g/mol. The highest BCUT2D eigenvalue weighted by Gasteiger charge is 2.19. The van der Waals surface area contributed by atoms with E-state index in [-0.39, 0.29) is 35.8 Å². The second-order valence-corrected chi connectivity index (χ2v) is 8.77. The number of nitrogens with one attached hydrogen (secondary N) is 4. The van der Waals surface area contributed by atoms with Crippen molar-refractivity contribution in [3.63, 3.8) is 0 Å². The van der Waals surface area contributed by atoms with Crippen molar-refractivity contribution in [1.82, 2.24) is 21.3 Å². The molecule has 0 saturated carbocycles. The van der Waals surface area contributed by atoms with Gasteiger partial charge in [-0.1, -0.05) is 26.3 Å². The van der Waals surface area contributed by atoms with Crippen molar-refractivity contribution in [3.8, 4) is 0 Å². The van der Waals surface area contributed by atoms with E-state index in [1.54, 1.807) is 0 Å².